The molecule has 2 heterocycles. The van der Waals surface area contributed by atoms with Crippen LogP contribution in [0, 0.1) is 6.92 Å². The standard InChI is InChI=1S/C15H12N2O4/c1-9-7-16-13(20-9)8-17-14(18)11-6-10-4-2-3-5-12(10)21-15(11)19/h2-7H,8H2,1H3,(H,17,18). The van der Waals surface area contributed by atoms with Crippen molar-refractivity contribution >= 4 is 16.9 Å². The molecule has 0 aliphatic carbocycles. The molecule has 0 saturated carbocycles. The summed E-state index contributed by atoms with van der Waals surface area (Å²) in [5.74, 6) is 0.515. The summed E-state index contributed by atoms with van der Waals surface area (Å²) in [5, 5.41) is 3.27. The molecule has 0 fully saturated rings. The third kappa shape index (κ3) is 2.69. The number of hydrogen-bond acceptors (Lipinski definition) is 5. The van der Waals surface area contributed by atoms with E-state index in [0.29, 0.717) is 22.6 Å². The number of aryl methyl sites for hydroxylation is 1. The van der Waals surface area contributed by atoms with Crippen LogP contribution in [0.5, 0.6) is 0 Å². The Morgan fingerprint density at radius 2 is 2.10 bits per heavy atom. The molecule has 2 aromatic heterocycles. The summed E-state index contributed by atoms with van der Waals surface area (Å²) in [6, 6.07) is 8.52. The molecule has 6 nitrogen and oxygen atoms in total. The number of oxazole rings is 1. The first-order valence-electron chi connectivity index (χ1n) is 6.36. The summed E-state index contributed by atoms with van der Waals surface area (Å²) in [6.45, 7) is 1.87. The quantitative estimate of drug-likeness (QED) is 0.744. The van der Waals surface area contributed by atoms with Crippen LogP contribution in [0.1, 0.15) is 22.0 Å². The molecule has 3 rings (SSSR count). The number of hydrogen-bond donors (Lipinski definition) is 1. The van der Waals surface area contributed by atoms with Gasteiger partial charge in [-0.05, 0) is 19.1 Å². The summed E-state index contributed by atoms with van der Waals surface area (Å²) in [7, 11) is 0. The first-order valence-corrected chi connectivity index (χ1v) is 6.36. The number of fused-ring (bicyclic) bond motifs is 1. The van der Waals surface area contributed by atoms with E-state index < -0.39 is 11.5 Å². The van der Waals surface area contributed by atoms with Crippen LogP contribution >= 0.6 is 0 Å². The Kier molecular flexibility index (Phi) is 3.27. The lowest BCUT2D eigenvalue weighted by molar-refractivity contribution is 0.0943. The average Bonchev–Trinajstić information content (AvgIpc) is 2.89. The minimum atomic E-state index is -0.671. The van der Waals surface area contributed by atoms with Gasteiger partial charge in [0.1, 0.15) is 16.9 Å². The molecule has 0 saturated heterocycles. The fraction of sp³-hybridized carbons (Fsp3) is 0.133. The van der Waals surface area contributed by atoms with Gasteiger partial charge in [-0.3, -0.25) is 4.79 Å². The van der Waals surface area contributed by atoms with E-state index in [2.05, 4.69) is 10.3 Å². The molecule has 1 aromatic carbocycles. The van der Waals surface area contributed by atoms with Crippen molar-refractivity contribution in [2.75, 3.05) is 0 Å². The van der Waals surface area contributed by atoms with Gasteiger partial charge >= 0.3 is 5.63 Å². The van der Waals surface area contributed by atoms with Crippen LogP contribution in [0.15, 0.2) is 50.2 Å². The molecule has 0 spiro atoms. The van der Waals surface area contributed by atoms with Crippen LogP contribution < -0.4 is 10.9 Å². The summed E-state index contributed by atoms with van der Waals surface area (Å²) in [6.07, 6.45) is 1.56. The summed E-state index contributed by atoms with van der Waals surface area (Å²) >= 11 is 0. The number of carbonyl (C=O) groups is 1. The second kappa shape index (κ2) is 5.24. The third-order valence-corrected chi connectivity index (χ3v) is 2.96. The van der Waals surface area contributed by atoms with Crippen molar-refractivity contribution in [3.8, 4) is 0 Å². The fourth-order valence-corrected chi connectivity index (χ4v) is 1.95. The van der Waals surface area contributed by atoms with Gasteiger partial charge in [-0.15, -0.1) is 0 Å². The van der Waals surface area contributed by atoms with Gasteiger partial charge in [0, 0.05) is 5.39 Å². The molecule has 0 unspecified atom stereocenters. The van der Waals surface area contributed by atoms with E-state index >= 15 is 0 Å². The van der Waals surface area contributed by atoms with Crippen LogP contribution in [0.4, 0.5) is 0 Å². The summed E-state index contributed by atoms with van der Waals surface area (Å²) in [5.41, 5.74) is -0.269. The maximum absolute atomic E-state index is 12.0. The number of para-hydroxylation sites is 1. The number of amides is 1. The number of nitrogens with one attached hydrogen (secondary N) is 1. The van der Waals surface area contributed by atoms with Gasteiger partial charge in [-0.2, -0.15) is 0 Å². The Bertz CT molecular complexity index is 863. The average molecular weight is 284 g/mol. The van der Waals surface area contributed by atoms with Gasteiger partial charge in [-0.25, -0.2) is 9.78 Å². The predicted octanol–water partition coefficient (Wildman–Crippen LogP) is 2.02. The minimum Gasteiger partial charge on any atom is -0.444 e. The molecule has 21 heavy (non-hydrogen) atoms. The van der Waals surface area contributed by atoms with Crippen LogP contribution in [0.2, 0.25) is 0 Å². The van der Waals surface area contributed by atoms with E-state index in [-0.39, 0.29) is 12.1 Å². The van der Waals surface area contributed by atoms with Gasteiger partial charge in [0.15, 0.2) is 0 Å². The minimum absolute atomic E-state index is 0.0445. The van der Waals surface area contributed by atoms with Crippen molar-refractivity contribution in [2.45, 2.75) is 13.5 Å². The number of carbonyl (C=O) groups excluding carboxylic acids is 1. The summed E-state index contributed by atoms with van der Waals surface area (Å²) < 4.78 is 10.4. The molecule has 0 aliphatic rings. The van der Waals surface area contributed by atoms with Crippen molar-refractivity contribution in [1.29, 1.82) is 0 Å². The Morgan fingerprint density at radius 3 is 2.86 bits per heavy atom. The van der Waals surface area contributed by atoms with Crippen LogP contribution in [0.3, 0.4) is 0 Å². The van der Waals surface area contributed by atoms with Crippen LogP contribution in [0.25, 0.3) is 11.0 Å². The van der Waals surface area contributed by atoms with E-state index in [0.717, 1.165) is 0 Å². The molecule has 0 radical (unpaired) electrons. The molecule has 106 valence electrons. The van der Waals surface area contributed by atoms with Crippen molar-refractivity contribution in [2.24, 2.45) is 0 Å². The second-order valence-corrected chi connectivity index (χ2v) is 4.53. The number of aromatic nitrogens is 1. The topological polar surface area (TPSA) is 85.3 Å². The molecule has 6 heteroatoms. The first-order chi connectivity index (χ1) is 10.1. The molecule has 1 N–H and O–H groups in total. The van der Waals surface area contributed by atoms with E-state index in [4.69, 9.17) is 8.83 Å². The zero-order valence-electron chi connectivity index (χ0n) is 11.3. The van der Waals surface area contributed by atoms with Gasteiger partial charge in [0.05, 0.1) is 12.7 Å². The predicted molar refractivity (Wildman–Crippen MR) is 74.9 cm³/mol. The van der Waals surface area contributed by atoms with Gasteiger partial charge in [0.2, 0.25) is 5.89 Å². The Labute approximate surface area is 119 Å². The zero-order valence-corrected chi connectivity index (χ0v) is 11.3. The van der Waals surface area contributed by atoms with E-state index in [1.165, 1.54) is 6.07 Å². The molecular weight excluding hydrogens is 272 g/mol. The fourth-order valence-electron chi connectivity index (χ4n) is 1.95. The highest BCUT2D eigenvalue weighted by Gasteiger charge is 2.14. The number of nitrogens with zero attached hydrogens (tertiary/aromatic N) is 1. The van der Waals surface area contributed by atoms with Crippen molar-refractivity contribution in [3.05, 3.63) is 64.2 Å². The second-order valence-electron chi connectivity index (χ2n) is 4.53. The maximum Gasteiger partial charge on any atom is 0.349 e. The number of rotatable bonds is 3. The van der Waals surface area contributed by atoms with Crippen molar-refractivity contribution in [1.82, 2.24) is 10.3 Å². The monoisotopic (exact) mass is 284 g/mol. The number of benzene rings is 1. The van der Waals surface area contributed by atoms with Gasteiger partial charge < -0.3 is 14.2 Å². The maximum atomic E-state index is 12.0. The third-order valence-electron chi connectivity index (χ3n) is 2.96. The highest BCUT2D eigenvalue weighted by Crippen LogP contribution is 2.12. The lowest BCUT2D eigenvalue weighted by Gasteiger charge is -2.03. The van der Waals surface area contributed by atoms with Crippen LogP contribution in [-0.4, -0.2) is 10.9 Å². The zero-order chi connectivity index (χ0) is 14.8. The Morgan fingerprint density at radius 1 is 1.29 bits per heavy atom. The van der Waals surface area contributed by atoms with E-state index in [9.17, 15) is 9.59 Å². The summed E-state index contributed by atoms with van der Waals surface area (Å²) in [4.78, 5) is 27.8. The highest BCUT2D eigenvalue weighted by molar-refractivity contribution is 5.96. The molecule has 0 aliphatic heterocycles. The SMILES string of the molecule is Cc1cnc(CNC(=O)c2cc3ccccc3oc2=O)o1. The van der Waals surface area contributed by atoms with Crippen molar-refractivity contribution in [3.63, 3.8) is 0 Å². The smallest absolute Gasteiger partial charge is 0.349 e. The Balaban J connectivity index is 1.84. The van der Waals surface area contributed by atoms with Crippen LogP contribution in [-0.2, 0) is 6.54 Å². The largest absolute Gasteiger partial charge is 0.444 e. The molecule has 0 atom stereocenters. The molecular formula is C15H12N2O4. The molecule has 1 amide bonds. The first kappa shape index (κ1) is 13.1. The van der Waals surface area contributed by atoms with Gasteiger partial charge in [-0.1, -0.05) is 18.2 Å². The van der Waals surface area contributed by atoms with E-state index in [1.807, 2.05) is 0 Å². The molecule has 0 bridgehead atoms. The van der Waals surface area contributed by atoms with Crippen molar-refractivity contribution < 1.29 is 13.6 Å². The Hall–Kier alpha value is -2.89. The normalized spacial score (nSPS) is 10.7. The lowest BCUT2D eigenvalue weighted by atomic mass is 10.2. The van der Waals surface area contributed by atoms with E-state index in [1.54, 1.807) is 37.4 Å². The molecule has 3 aromatic rings. The lowest BCUT2D eigenvalue weighted by Crippen LogP contribution is -2.27. The highest BCUT2D eigenvalue weighted by atomic mass is 16.4. The van der Waals surface area contributed by atoms with Gasteiger partial charge in [0.25, 0.3) is 5.91 Å².